The Kier molecular flexibility index (Phi) is 8.70. The van der Waals surface area contributed by atoms with Crippen LogP contribution >= 0.6 is 11.9 Å². The molecule has 1 aliphatic rings. The van der Waals surface area contributed by atoms with Crippen LogP contribution in [0.25, 0.3) is 0 Å². The van der Waals surface area contributed by atoms with Gasteiger partial charge in [-0.2, -0.15) is 13.2 Å². The lowest BCUT2D eigenvalue weighted by Gasteiger charge is -2.28. The van der Waals surface area contributed by atoms with Crippen LogP contribution in [0.5, 0.6) is 0 Å². The lowest BCUT2D eigenvalue weighted by Crippen LogP contribution is -2.46. The predicted octanol–water partition coefficient (Wildman–Crippen LogP) is 3.31. The molecule has 8 nitrogen and oxygen atoms in total. The number of nitrogens with zero attached hydrogens (tertiary/aromatic N) is 3. The van der Waals surface area contributed by atoms with Crippen molar-refractivity contribution in [3.05, 3.63) is 58.5 Å². The summed E-state index contributed by atoms with van der Waals surface area (Å²) in [6, 6.07) is 6.69. The Morgan fingerprint density at radius 3 is 2.80 bits per heavy atom. The number of fused-ring (bicyclic) bond motifs is 1. The highest BCUT2D eigenvalue weighted by atomic mass is 32.2. The van der Waals surface area contributed by atoms with E-state index < -0.39 is 30.4 Å². The van der Waals surface area contributed by atoms with E-state index in [4.69, 9.17) is 11.3 Å². The maximum absolute atomic E-state index is 14.7. The van der Waals surface area contributed by atoms with Crippen molar-refractivity contribution in [1.29, 1.82) is 5.41 Å². The maximum Gasteiger partial charge on any atom is 0.389 e. The first-order valence-electron chi connectivity index (χ1n) is 10.8. The third kappa shape index (κ3) is 7.13. The summed E-state index contributed by atoms with van der Waals surface area (Å²) < 4.78 is 53.7. The molecule has 0 spiro atoms. The zero-order chi connectivity index (χ0) is 25.8. The fourth-order valence-electron chi connectivity index (χ4n) is 3.39. The van der Waals surface area contributed by atoms with E-state index in [0.717, 1.165) is 17.0 Å². The second kappa shape index (κ2) is 11.3. The summed E-state index contributed by atoms with van der Waals surface area (Å²) in [5.74, 6) is 4.12. The molecule has 5 N–H and O–H groups in total. The van der Waals surface area contributed by atoms with E-state index in [1.54, 1.807) is 17.3 Å². The predicted molar refractivity (Wildman–Crippen MR) is 125 cm³/mol. The van der Waals surface area contributed by atoms with Crippen LogP contribution in [0, 0.1) is 11.2 Å². The number of nitrogens with two attached hydrogens (primary N) is 1. The Morgan fingerprint density at radius 2 is 2.11 bits per heavy atom. The second-order valence-electron chi connectivity index (χ2n) is 8.06. The molecule has 0 radical (unpaired) electrons. The van der Waals surface area contributed by atoms with Gasteiger partial charge in [0, 0.05) is 18.8 Å². The summed E-state index contributed by atoms with van der Waals surface area (Å²) in [4.78, 5) is 17.0. The van der Waals surface area contributed by atoms with Crippen LogP contribution in [0.4, 0.5) is 23.4 Å². The van der Waals surface area contributed by atoms with Crippen molar-refractivity contribution in [1.82, 2.24) is 14.3 Å². The number of carbonyl (C=O) groups is 1. The molecule has 13 heteroatoms. The third-order valence-corrected chi connectivity index (χ3v) is 6.46. The van der Waals surface area contributed by atoms with Gasteiger partial charge in [0.2, 0.25) is 0 Å². The van der Waals surface area contributed by atoms with Crippen LogP contribution in [-0.2, 0) is 13.0 Å². The number of amidine groups is 1. The summed E-state index contributed by atoms with van der Waals surface area (Å²) in [6.45, 7) is 2.12. The van der Waals surface area contributed by atoms with Crippen LogP contribution in [-0.4, -0.2) is 62.3 Å². The summed E-state index contributed by atoms with van der Waals surface area (Å²) in [5, 5.41) is 20.9. The molecule has 1 amide bonds. The quantitative estimate of drug-likeness (QED) is 0.107. The Bertz CT molecular complexity index is 1080. The van der Waals surface area contributed by atoms with E-state index in [-0.39, 0.29) is 35.3 Å². The van der Waals surface area contributed by atoms with Crippen molar-refractivity contribution < 1.29 is 27.5 Å². The molecule has 1 aromatic carbocycles. The van der Waals surface area contributed by atoms with E-state index in [1.807, 2.05) is 0 Å². The number of pyridine rings is 1. The number of hydrazine groups is 1. The van der Waals surface area contributed by atoms with Gasteiger partial charge in [0.15, 0.2) is 5.84 Å². The number of anilines is 1. The molecule has 2 heterocycles. The smallest absolute Gasteiger partial charge is 0.389 e. The number of aliphatic hydroxyl groups excluding tert-OH is 1. The molecular formula is C22H26F4N6O2S. The Labute approximate surface area is 204 Å². The van der Waals surface area contributed by atoms with E-state index in [0.29, 0.717) is 30.6 Å². The van der Waals surface area contributed by atoms with Crippen molar-refractivity contribution in [2.75, 3.05) is 24.2 Å². The van der Waals surface area contributed by atoms with Gasteiger partial charge in [-0.05, 0) is 48.7 Å². The average Bonchev–Trinajstić information content (AvgIpc) is 2.81. The number of aromatic nitrogens is 1. The summed E-state index contributed by atoms with van der Waals surface area (Å²) in [6.07, 6.45) is -4.67. The van der Waals surface area contributed by atoms with E-state index in [9.17, 15) is 27.5 Å². The van der Waals surface area contributed by atoms with E-state index >= 15 is 0 Å². The number of hydrogen-bond acceptors (Lipinski definition) is 7. The molecule has 190 valence electrons. The van der Waals surface area contributed by atoms with Gasteiger partial charge in [-0.15, -0.1) is 0 Å². The van der Waals surface area contributed by atoms with Gasteiger partial charge >= 0.3 is 6.18 Å². The SMILES string of the molecule is CC(CO)N(N)C(=N)c1cccc(NC(=O)c2cc3c(cc2F)CCN(SCCC(F)(F)F)C3)n1. The Balaban J connectivity index is 1.71. The largest absolute Gasteiger partial charge is 0.394 e. The molecule has 35 heavy (non-hydrogen) atoms. The standard InChI is InChI=1S/C22H26F4N6O2S/c1-13(12-33)32(28)20(27)18-3-2-4-19(29-18)30-21(34)16-9-15-11-31(35-8-6-22(24,25)26)7-5-14(15)10-17(16)23/h2-4,9-10,13,27,33H,5-8,11-12,28H2,1H3,(H,29,30,34). The van der Waals surface area contributed by atoms with Gasteiger partial charge in [-0.25, -0.2) is 19.5 Å². The van der Waals surface area contributed by atoms with Crippen molar-refractivity contribution in [2.24, 2.45) is 5.84 Å². The molecule has 1 atom stereocenters. The summed E-state index contributed by atoms with van der Waals surface area (Å²) in [5.41, 5.74) is 1.30. The number of halogens is 4. The fraction of sp³-hybridized carbons (Fsp3) is 0.409. The molecule has 0 bridgehead atoms. The summed E-state index contributed by atoms with van der Waals surface area (Å²) in [7, 11) is 0. The van der Waals surface area contributed by atoms with Gasteiger partial charge in [0.1, 0.15) is 17.3 Å². The molecule has 3 rings (SSSR count). The highest BCUT2D eigenvalue weighted by molar-refractivity contribution is 7.96. The van der Waals surface area contributed by atoms with Gasteiger partial charge in [0.05, 0.1) is 24.6 Å². The van der Waals surface area contributed by atoms with Crippen molar-refractivity contribution in [2.45, 2.75) is 38.5 Å². The molecule has 0 saturated carbocycles. The van der Waals surface area contributed by atoms with Crippen molar-refractivity contribution in [3.8, 4) is 0 Å². The normalized spacial score (nSPS) is 14.8. The van der Waals surface area contributed by atoms with Crippen molar-refractivity contribution >= 4 is 29.5 Å². The van der Waals surface area contributed by atoms with Crippen LogP contribution in [0.2, 0.25) is 0 Å². The molecular weight excluding hydrogens is 488 g/mol. The number of nitrogens with one attached hydrogen (secondary N) is 2. The highest BCUT2D eigenvalue weighted by Gasteiger charge is 2.28. The minimum Gasteiger partial charge on any atom is -0.394 e. The van der Waals surface area contributed by atoms with Gasteiger partial charge in [0.25, 0.3) is 5.91 Å². The number of alkyl halides is 3. The second-order valence-corrected chi connectivity index (χ2v) is 9.25. The van der Waals surface area contributed by atoms with E-state index in [2.05, 4.69) is 10.3 Å². The Morgan fingerprint density at radius 1 is 1.37 bits per heavy atom. The zero-order valence-corrected chi connectivity index (χ0v) is 19.7. The number of aliphatic hydroxyl groups is 1. The first-order chi connectivity index (χ1) is 16.5. The van der Waals surface area contributed by atoms with Gasteiger partial charge in [-0.3, -0.25) is 15.2 Å². The fourth-order valence-corrected chi connectivity index (χ4v) is 4.42. The number of rotatable bonds is 8. The topological polar surface area (TPSA) is 119 Å². The number of hydrogen-bond donors (Lipinski definition) is 4. The number of amides is 1. The van der Waals surface area contributed by atoms with Crippen LogP contribution in [0.15, 0.2) is 30.3 Å². The molecule has 1 aliphatic heterocycles. The maximum atomic E-state index is 14.7. The number of benzene rings is 1. The van der Waals surface area contributed by atoms with Crippen LogP contribution in [0.3, 0.4) is 0 Å². The first kappa shape index (κ1) is 26.9. The van der Waals surface area contributed by atoms with Crippen molar-refractivity contribution in [3.63, 3.8) is 0 Å². The molecule has 1 aromatic heterocycles. The molecule has 1 unspecified atom stereocenters. The number of carbonyl (C=O) groups excluding carboxylic acids is 1. The third-order valence-electron chi connectivity index (χ3n) is 5.40. The van der Waals surface area contributed by atoms with Crippen LogP contribution in [0.1, 0.15) is 40.5 Å². The van der Waals surface area contributed by atoms with Gasteiger partial charge in [-0.1, -0.05) is 18.0 Å². The Hall–Kier alpha value is -2.74. The van der Waals surface area contributed by atoms with E-state index in [1.165, 1.54) is 24.3 Å². The minimum absolute atomic E-state index is 0.0729. The summed E-state index contributed by atoms with van der Waals surface area (Å²) >= 11 is 1.08. The molecule has 0 saturated heterocycles. The molecule has 0 fully saturated rings. The average molecular weight is 515 g/mol. The first-order valence-corrected chi connectivity index (χ1v) is 11.7. The monoisotopic (exact) mass is 514 g/mol. The van der Waals surface area contributed by atoms with Crippen LogP contribution < -0.4 is 11.2 Å². The minimum atomic E-state index is -4.22. The zero-order valence-electron chi connectivity index (χ0n) is 18.9. The molecule has 0 aliphatic carbocycles. The van der Waals surface area contributed by atoms with Gasteiger partial charge < -0.3 is 10.4 Å². The lowest BCUT2D eigenvalue weighted by molar-refractivity contribution is -0.129. The lowest BCUT2D eigenvalue weighted by atomic mass is 9.97. The molecule has 2 aromatic rings. The highest BCUT2D eigenvalue weighted by Crippen LogP contribution is 2.29.